The predicted octanol–water partition coefficient (Wildman–Crippen LogP) is 14.0. The molecule has 3 saturated heterocycles. The molecule has 0 spiro atoms. The number of piperidine rings is 3. The number of fused-ring (bicyclic) bond motifs is 3. The van der Waals surface area contributed by atoms with Crippen molar-refractivity contribution in [1.82, 2.24) is 73.9 Å². The van der Waals surface area contributed by atoms with E-state index in [0.717, 1.165) is 86.5 Å². The number of halogens is 9. The first kappa shape index (κ1) is 91.9. The van der Waals surface area contributed by atoms with Crippen LogP contribution in [0.1, 0.15) is 202 Å². The number of carbonyl (C=O) groups is 5. The van der Waals surface area contributed by atoms with Gasteiger partial charge in [0.05, 0.1) is 51.0 Å². The number of benzene rings is 6. The largest absolute Gasteiger partial charge is 0.416 e. The van der Waals surface area contributed by atoms with Gasteiger partial charge in [-0.15, -0.1) is 0 Å². The van der Waals surface area contributed by atoms with E-state index >= 15 is 0 Å². The molecule has 15 rings (SSSR count). The number of hydrogen-bond donors (Lipinski definition) is 5. The Morgan fingerprint density at radius 2 is 0.680 bits per heavy atom. The quantitative estimate of drug-likeness (QED) is 0.0383. The maximum atomic E-state index is 13.4. The highest BCUT2D eigenvalue weighted by Gasteiger charge is 2.38. The van der Waals surface area contributed by atoms with Gasteiger partial charge in [-0.25, -0.2) is 43.9 Å². The number of rotatable bonds is 14. The number of carbonyl (C=O) groups excluding carboxylic acids is 5. The molecule has 6 aromatic carbocycles. The molecule has 2 amide bonds. The van der Waals surface area contributed by atoms with Crippen molar-refractivity contribution in [2.75, 3.05) is 63.5 Å². The summed E-state index contributed by atoms with van der Waals surface area (Å²) in [4.78, 5) is 94.7. The van der Waals surface area contributed by atoms with Crippen LogP contribution in [0, 0.1) is 77.1 Å². The van der Waals surface area contributed by atoms with Crippen LogP contribution in [0.3, 0.4) is 0 Å². The maximum Gasteiger partial charge on any atom is 0.416 e. The van der Waals surface area contributed by atoms with Crippen molar-refractivity contribution in [1.29, 1.82) is 0 Å². The van der Waals surface area contributed by atoms with E-state index in [-0.39, 0.29) is 94.2 Å². The van der Waals surface area contributed by atoms with Gasteiger partial charge in [0.2, 0.25) is 0 Å². The topological polar surface area (TPSA) is 344 Å². The molecule has 1 unspecified atom stereocenters. The second-order valence-corrected chi connectivity index (χ2v) is 32.4. The van der Waals surface area contributed by atoms with Crippen molar-refractivity contribution in [2.45, 2.75) is 162 Å². The van der Waals surface area contributed by atoms with Gasteiger partial charge in [-0.3, -0.25) is 24.0 Å². The molecule has 6 aromatic heterocycles. The molecule has 5 atom stereocenters. The summed E-state index contributed by atoms with van der Waals surface area (Å²) in [6.07, 6.45) is -7.06. The number of aliphatic hydroxyl groups is 2. The number of Topliss-reactive ketones (excluding diaryl/α,β-unsaturated/α-hetero) is 3. The van der Waals surface area contributed by atoms with Crippen LogP contribution in [-0.2, 0) is 47.4 Å². The van der Waals surface area contributed by atoms with Gasteiger partial charge >= 0.3 is 18.5 Å². The van der Waals surface area contributed by atoms with Gasteiger partial charge in [-0.2, -0.15) is 54.8 Å². The monoisotopic (exact) mass is 1750 g/mol. The number of anilines is 3. The Hall–Kier alpha value is -13.8. The van der Waals surface area contributed by atoms with Crippen molar-refractivity contribution in [3.63, 3.8) is 0 Å². The lowest BCUT2D eigenvalue weighted by Gasteiger charge is -2.33. The Bertz CT molecular complexity index is 6270. The van der Waals surface area contributed by atoms with Crippen molar-refractivity contribution in [3.05, 3.63) is 245 Å². The van der Waals surface area contributed by atoms with Crippen LogP contribution in [0.2, 0.25) is 0 Å². The van der Waals surface area contributed by atoms with E-state index in [1.165, 1.54) is 90.0 Å². The van der Waals surface area contributed by atoms with Crippen molar-refractivity contribution >= 4 is 79.7 Å². The number of nitrogens with zero attached hydrogens (tertiary/aromatic N) is 15. The normalized spacial score (nSPS) is 16.0. The minimum atomic E-state index is -4.55. The molecule has 0 aliphatic carbocycles. The number of ketones is 3. The minimum Gasteiger partial charge on any atom is -0.384 e. The third-order valence-corrected chi connectivity index (χ3v) is 22.9. The molecule has 12 aromatic rings. The van der Waals surface area contributed by atoms with Crippen LogP contribution < -0.4 is 17.2 Å². The van der Waals surface area contributed by atoms with Crippen LogP contribution >= 0.6 is 0 Å². The average molecular weight is 1760 g/mol. The van der Waals surface area contributed by atoms with E-state index in [0.29, 0.717) is 116 Å². The molecule has 0 radical (unpaired) electrons. The predicted molar refractivity (Wildman–Crippen MR) is 462 cm³/mol. The summed E-state index contributed by atoms with van der Waals surface area (Å²) in [5, 5.41) is 35.4. The number of likely N-dealkylation sites (tertiary alicyclic amines) is 3. The number of nitrogens with two attached hydrogens (primary N) is 3. The van der Waals surface area contributed by atoms with Crippen LogP contribution in [0.25, 0.3) is 33.1 Å². The van der Waals surface area contributed by atoms with Crippen LogP contribution in [0.15, 0.2) is 128 Å². The Labute approximate surface area is 730 Å². The number of aliphatic hydroxyl groups excluding tert-OH is 2. The standard InChI is InChI=1S/2C32H31F3N6O3.C30H29F3N6O/c2*1-18-6-8-21(14-27(43)23-9-7-19(2)25(15-23)32(33,34)35)13-22(18)10-11-26-28-29(36)37-17-38-30(28)41(39-26)24-5-4-12-40(16-24)31(44)20(3)42;1-18-6-8-20(14-26(40)22-9-7-19(2)24(15-22)30(31,32)33)13-21(18)10-11-25-27-28(34)35-17-36-29(27)39(37-25)23-5-4-12-38(3)16-23/h2*6-9,13,15,17,20,24,42H,4-5,12,14,16H2,1-3H3,(H2,36,37,38);6-9,13,15,17,23H,4-5,12,14,16H2,1-3H3,(H2,34,35,36)/t20-,24?;20-,24-;23-/m111/s1. The van der Waals surface area contributed by atoms with Crippen molar-refractivity contribution in [3.8, 4) is 35.5 Å². The first-order chi connectivity index (χ1) is 60.7. The number of likely N-dealkylation sites (N-methyl/N-ethyl adjacent to an activating group) is 1. The van der Waals surface area contributed by atoms with Gasteiger partial charge in [0.25, 0.3) is 11.8 Å². The fourth-order valence-corrected chi connectivity index (χ4v) is 15.9. The fourth-order valence-electron chi connectivity index (χ4n) is 15.9. The molecule has 662 valence electrons. The highest BCUT2D eigenvalue weighted by Crippen LogP contribution is 2.38. The Kier molecular flexibility index (Phi) is 27.4. The van der Waals surface area contributed by atoms with Crippen molar-refractivity contribution in [2.24, 2.45) is 0 Å². The number of amides is 2. The molecule has 0 saturated carbocycles. The number of hydrogen-bond acceptors (Lipinski definition) is 20. The SMILES string of the molecule is Cc1ccc(CC(=O)c2ccc(C)c(C(F)(F)F)c2)cc1C#Cc1nn(C2CCCN(C(=O)[C@@H](C)O)C2)c2ncnc(N)c12.Cc1ccc(CC(=O)c2ccc(C)c(C(F)(F)F)c2)cc1C#Cc1nn([C@@H]2CCCN(C(=O)[C@@H](C)O)C2)c2ncnc(N)c12.Cc1ccc(CC(=O)c2ccc(C)c(C(F)(F)F)c2)cc1C#Cc1nn([C@@H]2CCCN(C)C2)c2ncnc(N)c12. The van der Waals surface area contributed by atoms with Gasteiger partial charge < -0.3 is 42.1 Å². The van der Waals surface area contributed by atoms with Gasteiger partial charge in [0, 0.05) is 85.4 Å². The van der Waals surface area contributed by atoms with Crippen LogP contribution in [-0.4, -0.2) is 172 Å². The molecule has 9 heterocycles. The van der Waals surface area contributed by atoms with Crippen molar-refractivity contribution < 1.29 is 73.7 Å². The molecule has 128 heavy (non-hydrogen) atoms. The van der Waals surface area contributed by atoms with E-state index in [2.05, 4.69) is 77.4 Å². The zero-order valence-electron chi connectivity index (χ0n) is 71.4. The second-order valence-electron chi connectivity index (χ2n) is 32.4. The highest BCUT2D eigenvalue weighted by molar-refractivity contribution is 6.00. The average Bonchev–Trinajstić information content (AvgIpc) is 1.64. The Morgan fingerprint density at radius 3 is 0.961 bits per heavy atom. The first-order valence-electron chi connectivity index (χ1n) is 41.2. The first-order valence-corrected chi connectivity index (χ1v) is 41.2. The highest BCUT2D eigenvalue weighted by atomic mass is 19.4. The van der Waals surface area contributed by atoms with Gasteiger partial charge in [0.15, 0.2) is 34.3 Å². The maximum absolute atomic E-state index is 13.4. The Morgan fingerprint density at radius 1 is 0.398 bits per heavy atom. The molecule has 34 heteroatoms. The summed E-state index contributed by atoms with van der Waals surface area (Å²) in [7, 11) is 2.08. The minimum absolute atomic E-state index is 0.0138. The lowest BCUT2D eigenvalue weighted by molar-refractivity contribution is -0.141. The third-order valence-electron chi connectivity index (χ3n) is 22.9. The zero-order chi connectivity index (χ0) is 92.1. The van der Waals surface area contributed by atoms with E-state index in [4.69, 9.17) is 32.5 Å². The molecule has 25 nitrogen and oxygen atoms in total. The number of aryl methyl sites for hydroxylation is 6. The van der Waals surface area contributed by atoms with E-state index in [9.17, 15) is 73.7 Å². The zero-order valence-corrected chi connectivity index (χ0v) is 71.4. The molecular formula is C94H91F9N18O7. The Balaban J connectivity index is 0.000000164. The number of aromatic nitrogens is 12. The molecule has 8 N–H and O–H groups in total. The summed E-state index contributed by atoms with van der Waals surface area (Å²) in [5.41, 5.74) is 25.4. The van der Waals surface area contributed by atoms with Gasteiger partial charge in [0.1, 0.15) is 65.7 Å². The second kappa shape index (κ2) is 38.2. The number of nitrogen functional groups attached to an aromatic ring is 3. The van der Waals surface area contributed by atoms with E-state index in [1.807, 2.05) is 31.5 Å². The van der Waals surface area contributed by atoms with Crippen LogP contribution in [0.5, 0.6) is 0 Å². The summed E-state index contributed by atoms with van der Waals surface area (Å²) in [6, 6.07) is 26.6. The van der Waals surface area contributed by atoms with E-state index in [1.54, 1.807) is 67.7 Å². The molecule has 0 bridgehead atoms. The van der Waals surface area contributed by atoms with E-state index < -0.39 is 64.8 Å². The summed E-state index contributed by atoms with van der Waals surface area (Å²) in [6.45, 7) is 16.2. The fraction of sp³-hybridized carbons (Fsp3) is 0.340. The van der Waals surface area contributed by atoms with Gasteiger partial charge in [-0.1, -0.05) is 90.6 Å². The molecule has 3 aliphatic rings. The summed E-state index contributed by atoms with van der Waals surface area (Å²) < 4.78 is 126. The van der Waals surface area contributed by atoms with Crippen LogP contribution in [0.4, 0.5) is 57.0 Å². The van der Waals surface area contributed by atoms with Gasteiger partial charge in [-0.05, 0) is 212 Å². The summed E-state index contributed by atoms with van der Waals surface area (Å²) in [5.74, 6) is 17.3. The molecule has 3 aliphatic heterocycles. The smallest absolute Gasteiger partial charge is 0.384 e. The molecule has 3 fully saturated rings. The lowest BCUT2D eigenvalue weighted by Crippen LogP contribution is -2.44. The molecular weight excluding hydrogens is 1660 g/mol. The summed E-state index contributed by atoms with van der Waals surface area (Å²) >= 11 is 0. The number of alkyl halides is 9. The third kappa shape index (κ3) is 21.0. The lowest BCUT2D eigenvalue weighted by atomic mass is 9.96.